The van der Waals surface area contributed by atoms with Crippen molar-refractivity contribution in [1.29, 1.82) is 0 Å². The van der Waals surface area contributed by atoms with Crippen molar-refractivity contribution in [2.24, 2.45) is 5.92 Å². The number of para-hydroxylation sites is 1. The zero-order valence-corrected chi connectivity index (χ0v) is 21.0. The molecule has 2 heterocycles. The first-order valence-corrected chi connectivity index (χ1v) is 12.3. The summed E-state index contributed by atoms with van der Waals surface area (Å²) in [6.07, 6.45) is 7.78. The molecule has 2 amide bonds. The summed E-state index contributed by atoms with van der Waals surface area (Å²) in [7, 11) is 1.71. The van der Waals surface area contributed by atoms with Crippen LogP contribution in [0.15, 0.2) is 54.6 Å². The number of piperidine rings is 1. The SMILES string of the molecule is CN1CC(C(=O)N(CCCN2CCC3(C=Cc4ccccc43)CC2)c2ccccc2F)CC1=O.Cl. The lowest BCUT2D eigenvalue weighted by Gasteiger charge is -2.39. The van der Waals surface area contributed by atoms with Gasteiger partial charge in [0.15, 0.2) is 0 Å². The number of rotatable bonds is 6. The summed E-state index contributed by atoms with van der Waals surface area (Å²) < 4.78 is 14.6. The summed E-state index contributed by atoms with van der Waals surface area (Å²) in [6, 6.07) is 15.1. The lowest BCUT2D eigenvalue weighted by atomic mass is 9.74. The maximum absolute atomic E-state index is 14.6. The zero-order valence-electron chi connectivity index (χ0n) is 20.2. The van der Waals surface area contributed by atoms with Gasteiger partial charge in [-0.2, -0.15) is 0 Å². The van der Waals surface area contributed by atoms with Crippen LogP contribution < -0.4 is 4.90 Å². The average Bonchev–Trinajstić information content (AvgIpc) is 3.38. The molecule has 0 radical (unpaired) electrons. The number of nitrogens with zero attached hydrogens (tertiary/aromatic N) is 3. The van der Waals surface area contributed by atoms with Gasteiger partial charge in [0.05, 0.1) is 11.6 Å². The molecule has 1 atom stereocenters. The van der Waals surface area contributed by atoms with Gasteiger partial charge >= 0.3 is 0 Å². The predicted molar refractivity (Wildman–Crippen MR) is 139 cm³/mol. The Hall–Kier alpha value is -2.70. The first kappa shape index (κ1) is 25.4. The van der Waals surface area contributed by atoms with E-state index in [2.05, 4.69) is 41.3 Å². The van der Waals surface area contributed by atoms with Gasteiger partial charge in [-0.1, -0.05) is 48.6 Å². The third-order valence-corrected chi connectivity index (χ3v) is 7.78. The van der Waals surface area contributed by atoms with E-state index in [-0.39, 0.29) is 36.1 Å². The molecule has 7 heteroatoms. The Labute approximate surface area is 213 Å². The lowest BCUT2D eigenvalue weighted by molar-refractivity contribution is -0.127. The maximum Gasteiger partial charge on any atom is 0.232 e. The van der Waals surface area contributed by atoms with Gasteiger partial charge in [0.2, 0.25) is 11.8 Å². The van der Waals surface area contributed by atoms with Crippen LogP contribution in [0.3, 0.4) is 0 Å². The summed E-state index contributed by atoms with van der Waals surface area (Å²) in [5, 5.41) is 0. The fourth-order valence-electron chi connectivity index (χ4n) is 5.77. The largest absolute Gasteiger partial charge is 0.345 e. The second-order valence-corrected chi connectivity index (χ2v) is 9.89. The highest BCUT2D eigenvalue weighted by molar-refractivity contribution is 5.99. The molecule has 3 aliphatic rings. The van der Waals surface area contributed by atoms with Gasteiger partial charge in [-0.15, -0.1) is 12.4 Å². The number of allylic oxidation sites excluding steroid dienone is 1. The number of hydrogen-bond acceptors (Lipinski definition) is 3. The van der Waals surface area contributed by atoms with Gasteiger partial charge in [0.25, 0.3) is 0 Å². The molecule has 186 valence electrons. The summed E-state index contributed by atoms with van der Waals surface area (Å²) in [5.74, 6) is -1.01. The number of fused-ring (bicyclic) bond motifs is 2. The highest BCUT2D eigenvalue weighted by Crippen LogP contribution is 2.43. The number of anilines is 1. The van der Waals surface area contributed by atoms with E-state index in [9.17, 15) is 14.0 Å². The molecular formula is C28H33ClFN3O2. The van der Waals surface area contributed by atoms with E-state index < -0.39 is 11.7 Å². The third-order valence-electron chi connectivity index (χ3n) is 7.78. The molecule has 5 nitrogen and oxygen atoms in total. The summed E-state index contributed by atoms with van der Waals surface area (Å²) in [6.45, 7) is 3.72. The van der Waals surface area contributed by atoms with Crippen LogP contribution in [0.1, 0.15) is 36.8 Å². The predicted octanol–water partition coefficient (Wildman–Crippen LogP) is 4.51. The number of benzene rings is 2. The summed E-state index contributed by atoms with van der Waals surface area (Å²) in [5.41, 5.74) is 3.25. The monoisotopic (exact) mass is 497 g/mol. The summed E-state index contributed by atoms with van der Waals surface area (Å²) in [4.78, 5) is 30.9. The molecule has 1 unspecified atom stereocenters. The van der Waals surface area contributed by atoms with Crippen LogP contribution in [0.25, 0.3) is 6.08 Å². The Balaban J connectivity index is 0.00000289. The van der Waals surface area contributed by atoms with Crippen LogP contribution in [0.5, 0.6) is 0 Å². The molecule has 35 heavy (non-hydrogen) atoms. The number of carbonyl (C=O) groups is 2. The molecule has 2 aromatic carbocycles. The molecule has 2 aliphatic heterocycles. The Morgan fingerprint density at radius 1 is 1.11 bits per heavy atom. The number of hydrogen-bond donors (Lipinski definition) is 0. The van der Waals surface area contributed by atoms with Crippen LogP contribution in [-0.4, -0.2) is 61.4 Å². The molecule has 2 saturated heterocycles. The Morgan fingerprint density at radius 2 is 1.83 bits per heavy atom. The molecule has 0 saturated carbocycles. The minimum absolute atomic E-state index is 0. The number of likely N-dealkylation sites (tertiary alicyclic amines) is 2. The van der Waals surface area contributed by atoms with Crippen LogP contribution in [0.4, 0.5) is 10.1 Å². The van der Waals surface area contributed by atoms with E-state index in [1.54, 1.807) is 35.0 Å². The van der Waals surface area contributed by atoms with Crippen molar-refractivity contribution in [3.63, 3.8) is 0 Å². The van der Waals surface area contributed by atoms with Crippen LogP contribution in [0, 0.1) is 11.7 Å². The fourth-order valence-corrected chi connectivity index (χ4v) is 5.77. The number of carbonyl (C=O) groups excluding carboxylic acids is 2. The van der Waals surface area contributed by atoms with Crippen LogP contribution in [0.2, 0.25) is 0 Å². The highest BCUT2D eigenvalue weighted by Gasteiger charge is 2.38. The first-order chi connectivity index (χ1) is 16.5. The smallest absolute Gasteiger partial charge is 0.232 e. The molecule has 0 bridgehead atoms. The molecule has 2 fully saturated rings. The van der Waals surface area contributed by atoms with Crippen molar-refractivity contribution < 1.29 is 14.0 Å². The third kappa shape index (κ3) is 5.00. The number of amides is 2. The van der Waals surface area contributed by atoms with E-state index in [4.69, 9.17) is 0 Å². The van der Waals surface area contributed by atoms with Gasteiger partial charge in [0.1, 0.15) is 5.82 Å². The fraction of sp³-hybridized carbons (Fsp3) is 0.429. The first-order valence-electron chi connectivity index (χ1n) is 12.3. The van der Waals surface area contributed by atoms with Crippen molar-refractivity contribution in [2.75, 3.05) is 44.7 Å². The summed E-state index contributed by atoms with van der Waals surface area (Å²) >= 11 is 0. The molecule has 1 spiro atoms. The van der Waals surface area contributed by atoms with E-state index in [1.807, 2.05) is 0 Å². The van der Waals surface area contributed by atoms with E-state index in [0.29, 0.717) is 18.8 Å². The molecule has 0 N–H and O–H groups in total. The van der Waals surface area contributed by atoms with Crippen molar-refractivity contribution in [2.45, 2.75) is 31.1 Å². The standard InChI is InChI=1S/C28H32FN3O2.ClH/c1-30-20-22(19-26(30)33)27(34)32(25-10-5-4-9-24(25)29)16-6-15-31-17-13-28(14-18-31)12-11-21-7-2-3-8-23(21)28;/h2-5,7-12,22H,6,13-20H2,1H3;1H. The van der Waals surface area contributed by atoms with Crippen molar-refractivity contribution in [3.8, 4) is 0 Å². The molecule has 0 aromatic heterocycles. The van der Waals surface area contributed by atoms with Crippen molar-refractivity contribution in [1.82, 2.24) is 9.80 Å². The Morgan fingerprint density at radius 3 is 2.54 bits per heavy atom. The van der Waals surface area contributed by atoms with Gasteiger partial charge in [-0.05, 0) is 62.2 Å². The average molecular weight is 498 g/mol. The van der Waals surface area contributed by atoms with Crippen LogP contribution in [-0.2, 0) is 15.0 Å². The van der Waals surface area contributed by atoms with Crippen molar-refractivity contribution in [3.05, 3.63) is 71.6 Å². The molecule has 2 aromatic rings. The van der Waals surface area contributed by atoms with Gasteiger partial charge in [-0.25, -0.2) is 4.39 Å². The molecule has 1 aliphatic carbocycles. The van der Waals surface area contributed by atoms with Crippen molar-refractivity contribution >= 4 is 36.0 Å². The molecule has 5 rings (SSSR count). The normalized spacial score (nSPS) is 20.7. The zero-order chi connectivity index (χ0) is 23.7. The Kier molecular flexibility index (Phi) is 7.62. The minimum atomic E-state index is -0.416. The van der Waals surface area contributed by atoms with E-state index in [0.717, 1.165) is 38.9 Å². The van der Waals surface area contributed by atoms with E-state index in [1.165, 1.54) is 17.2 Å². The highest BCUT2D eigenvalue weighted by atomic mass is 35.5. The van der Waals surface area contributed by atoms with Gasteiger partial charge in [0, 0.05) is 32.0 Å². The maximum atomic E-state index is 14.6. The topological polar surface area (TPSA) is 43.9 Å². The van der Waals surface area contributed by atoms with E-state index >= 15 is 0 Å². The molecular weight excluding hydrogens is 465 g/mol. The van der Waals surface area contributed by atoms with Crippen LogP contribution >= 0.6 is 12.4 Å². The quantitative estimate of drug-likeness (QED) is 0.590. The number of halogens is 2. The van der Waals surface area contributed by atoms with Gasteiger partial charge in [-0.3, -0.25) is 9.59 Å². The minimum Gasteiger partial charge on any atom is -0.345 e. The van der Waals surface area contributed by atoms with Gasteiger partial charge < -0.3 is 14.7 Å². The second-order valence-electron chi connectivity index (χ2n) is 9.89. The Bertz CT molecular complexity index is 1110. The second kappa shape index (κ2) is 10.5. The lowest BCUT2D eigenvalue weighted by Crippen LogP contribution is -2.43.